The predicted octanol–water partition coefficient (Wildman–Crippen LogP) is 4.17. The van der Waals surface area contributed by atoms with Crippen molar-refractivity contribution in [2.45, 2.75) is 26.7 Å². The van der Waals surface area contributed by atoms with Crippen molar-refractivity contribution >= 4 is 12.4 Å². The van der Waals surface area contributed by atoms with Crippen molar-refractivity contribution in [2.75, 3.05) is 32.8 Å². The quantitative estimate of drug-likeness (QED) is 0.702. The maximum Gasteiger partial charge on any atom is 0.161 e. The molecule has 1 heterocycles. The second-order valence-electron chi connectivity index (χ2n) is 5.67. The lowest BCUT2D eigenvalue weighted by molar-refractivity contribution is 0.201. The van der Waals surface area contributed by atoms with Crippen LogP contribution in [0.5, 0.6) is 11.5 Å². The summed E-state index contributed by atoms with van der Waals surface area (Å²) in [4.78, 5) is 2.51. The van der Waals surface area contributed by atoms with Gasteiger partial charge in [0.05, 0.1) is 6.61 Å². The summed E-state index contributed by atoms with van der Waals surface area (Å²) in [5.74, 6) is 2.47. The zero-order valence-electron chi connectivity index (χ0n) is 13.7. The average Bonchev–Trinajstić information content (AvgIpc) is 2.49. The number of hydrogen-bond acceptors (Lipinski definition) is 3. The van der Waals surface area contributed by atoms with Crippen LogP contribution in [-0.2, 0) is 0 Å². The molecule has 0 saturated carbocycles. The highest BCUT2D eigenvalue weighted by molar-refractivity contribution is 5.85. The first kappa shape index (κ1) is 18.9. The highest BCUT2D eigenvalue weighted by Crippen LogP contribution is 2.26. The molecule has 0 spiro atoms. The van der Waals surface area contributed by atoms with Crippen LogP contribution in [0.25, 0.3) is 0 Å². The highest BCUT2D eigenvalue weighted by atomic mass is 35.5. The van der Waals surface area contributed by atoms with Gasteiger partial charge in [-0.1, -0.05) is 31.2 Å². The van der Waals surface area contributed by atoms with Gasteiger partial charge in [0.1, 0.15) is 6.61 Å². The zero-order valence-corrected chi connectivity index (χ0v) is 14.5. The first-order valence-corrected chi connectivity index (χ1v) is 8.01. The Labute approximate surface area is 140 Å². The molecule has 0 radical (unpaired) electrons. The normalized spacial score (nSPS) is 18.9. The number of rotatable bonds is 7. The van der Waals surface area contributed by atoms with Gasteiger partial charge in [-0.3, -0.25) is 4.90 Å². The maximum absolute atomic E-state index is 5.77. The minimum Gasteiger partial charge on any atom is -0.490 e. The molecule has 22 heavy (non-hydrogen) atoms. The van der Waals surface area contributed by atoms with E-state index in [1.807, 2.05) is 31.2 Å². The third kappa shape index (κ3) is 6.29. The summed E-state index contributed by atoms with van der Waals surface area (Å²) >= 11 is 0. The fraction of sp³-hybridized carbons (Fsp3) is 0.556. The van der Waals surface area contributed by atoms with Crippen molar-refractivity contribution in [1.82, 2.24) is 4.90 Å². The van der Waals surface area contributed by atoms with E-state index in [4.69, 9.17) is 9.47 Å². The van der Waals surface area contributed by atoms with Crippen molar-refractivity contribution in [3.8, 4) is 11.5 Å². The Bertz CT molecular complexity index is 450. The van der Waals surface area contributed by atoms with E-state index in [0.29, 0.717) is 13.2 Å². The van der Waals surface area contributed by atoms with Crippen molar-refractivity contribution in [2.24, 2.45) is 5.92 Å². The Morgan fingerprint density at radius 2 is 1.91 bits per heavy atom. The molecule has 1 saturated heterocycles. The number of hydrogen-bond donors (Lipinski definition) is 0. The summed E-state index contributed by atoms with van der Waals surface area (Å²) in [6.07, 6.45) is 7.01. The molecular weight excluding hydrogens is 298 g/mol. The Hall–Kier alpha value is -1.19. The van der Waals surface area contributed by atoms with Crippen LogP contribution in [-0.4, -0.2) is 37.7 Å². The van der Waals surface area contributed by atoms with Gasteiger partial charge in [-0.05, 0) is 44.4 Å². The van der Waals surface area contributed by atoms with Gasteiger partial charge in [-0.2, -0.15) is 0 Å². The number of nitrogens with zero attached hydrogens (tertiary/aromatic N) is 1. The van der Waals surface area contributed by atoms with E-state index >= 15 is 0 Å². The van der Waals surface area contributed by atoms with Crippen molar-refractivity contribution in [1.29, 1.82) is 0 Å². The standard InChI is InChI=1S/C18H27NO2.ClH/c1-3-20-17-10-4-5-11-18(17)21-14-7-6-12-19-13-8-9-16(2)15-19;/h4-7,10-11,16H,3,8-9,12-15H2,1-2H3;1H/b7-6+;. The number of piperidine rings is 1. The lowest BCUT2D eigenvalue weighted by Crippen LogP contribution is -2.34. The molecule has 0 aliphatic carbocycles. The number of halogens is 1. The minimum atomic E-state index is 0. The number of benzene rings is 1. The maximum atomic E-state index is 5.77. The molecule has 124 valence electrons. The molecule has 1 aliphatic rings. The summed E-state index contributed by atoms with van der Waals surface area (Å²) in [6, 6.07) is 7.82. The summed E-state index contributed by atoms with van der Waals surface area (Å²) in [5.41, 5.74) is 0. The molecule has 3 nitrogen and oxygen atoms in total. The summed E-state index contributed by atoms with van der Waals surface area (Å²) in [5, 5.41) is 0. The van der Waals surface area contributed by atoms with Gasteiger partial charge in [0, 0.05) is 13.1 Å². The average molecular weight is 326 g/mol. The van der Waals surface area contributed by atoms with Crippen LogP contribution in [0.2, 0.25) is 0 Å². The van der Waals surface area contributed by atoms with E-state index in [1.54, 1.807) is 0 Å². The van der Waals surface area contributed by atoms with Crippen LogP contribution in [0, 0.1) is 5.92 Å². The highest BCUT2D eigenvalue weighted by Gasteiger charge is 2.14. The molecule has 1 atom stereocenters. The third-order valence-corrected chi connectivity index (χ3v) is 3.76. The smallest absolute Gasteiger partial charge is 0.161 e. The van der Waals surface area contributed by atoms with Crippen LogP contribution in [0.3, 0.4) is 0 Å². The van der Waals surface area contributed by atoms with E-state index in [9.17, 15) is 0 Å². The molecule has 0 aromatic heterocycles. The monoisotopic (exact) mass is 325 g/mol. The topological polar surface area (TPSA) is 21.7 Å². The molecule has 4 heteroatoms. The molecule has 1 aromatic rings. The van der Waals surface area contributed by atoms with Crippen LogP contribution in [0.4, 0.5) is 0 Å². The molecular formula is C18H28ClNO2. The second-order valence-corrected chi connectivity index (χ2v) is 5.67. The number of likely N-dealkylation sites (tertiary alicyclic amines) is 1. The predicted molar refractivity (Wildman–Crippen MR) is 94.3 cm³/mol. The molecule has 1 aliphatic heterocycles. The molecule has 1 unspecified atom stereocenters. The Balaban J connectivity index is 0.00000242. The first-order chi connectivity index (χ1) is 10.3. The Kier molecular flexibility index (Phi) is 9.02. The van der Waals surface area contributed by atoms with Crippen LogP contribution in [0.15, 0.2) is 36.4 Å². The fourth-order valence-electron chi connectivity index (χ4n) is 2.73. The molecule has 1 fully saturated rings. The Morgan fingerprint density at radius 1 is 1.18 bits per heavy atom. The lowest BCUT2D eigenvalue weighted by atomic mass is 10.0. The summed E-state index contributed by atoms with van der Waals surface area (Å²) in [6.45, 7) is 9.04. The SMILES string of the molecule is CCOc1ccccc1OC/C=C/CN1CCCC(C)C1.Cl. The molecule has 0 bridgehead atoms. The van der Waals surface area contributed by atoms with Gasteiger partial charge in [-0.15, -0.1) is 12.4 Å². The third-order valence-electron chi connectivity index (χ3n) is 3.76. The van der Waals surface area contributed by atoms with Gasteiger partial charge in [0.2, 0.25) is 0 Å². The van der Waals surface area contributed by atoms with E-state index in [-0.39, 0.29) is 12.4 Å². The summed E-state index contributed by atoms with van der Waals surface area (Å²) < 4.78 is 11.3. The second kappa shape index (κ2) is 10.5. The van der Waals surface area contributed by atoms with Crippen LogP contribution < -0.4 is 9.47 Å². The fourth-order valence-corrected chi connectivity index (χ4v) is 2.73. The van der Waals surface area contributed by atoms with E-state index in [1.165, 1.54) is 25.9 Å². The number of para-hydroxylation sites is 2. The van der Waals surface area contributed by atoms with E-state index in [2.05, 4.69) is 24.0 Å². The van der Waals surface area contributed by atoms with E-state index in [0.717, 1.165) is 24.0 Å². The molecule has 0 amide bonds. The van der Waals surface area contributed by atoms with E-state index < -0.39 is 0 Å². The first-order valence-electron chi connectivity index (χ1n) is 8.01. The van der Waals surface area contributed by atoms with Gasteiger partial charge in [-0.25, -0.2) is 0 Å². The van der Waals surface area contributed by atoms with Crippen molar-refractivity contribution in [3.63, 3.8) is 0 Å². The van der Waals surface area contributed by atoms with Crippen molar-refractivity contribution in [3.05, 3.63) is 36.4 Å². The van der Waals surface area contributed by atoms with Gasteiger partial charge in [0.15, 0.2) is 11.5 Å². The Morgan fingerprint density at radius 3 is 2.59 bits per heavy atom. The van der Waals surface area contributed by atoms with Crippen LogP contribution >= 0.6 is 12.4 Å². The van der Waals surface area contributed by atoms with Gasteiger partial charge < -0.3 is 9.47 Å². The molecule has 0 N–H and O–H groups in total. The number of ether oxygens (including phenoxy) is 2. The van der Waals surface area contributed by atoms with Gasteiger partial charge in [0.25, 0.3) is 0 Å². The van der Waals surface area contributed by atoms with Crippen LogP contribution in [0.1, 0.15) is 26.7 Å². The lowest BCUT2D eigenvalue weighted by Gasteiger charge is -2.29. The molecule has 1 aromatic carbocycles. The molecule has 2 rings (SSSR count). The zero-order chi connectivity index (χ0) is 14.9. The van der Waals surface area contributed by atoms with Crippen molar-refractivity contribution < 1.29 is 9.47 Å². The summed E-state index contributed by atoms with van der Waals surface area (Å²) in [7, 11) is 0. The van der Waals surface area contributed by atoms with Gasteiger partial charge >= 0.3 is 0 Å². The largest absolute Gasteiger partial charge is 0.490 e. The minimum absolute atomic E-state index is 0.